The summed E-state index contributed by atoms with van der Waals surface area (Å²) in [7, 11) is 2.08. The Bertz CT molecular complexity index is 396. The van der Waals surface area contributed by atoms with Crippen LogP contribution in [0.4, 0.5) is 0 Å². The van der Waals surface area contributed by atoms with E-state index in [-0.39, 0.29) is 12.0 Å². The Labute approximate surface area is 120 Å². The number of rotatable bonds is 4. The van der Waals surface area contributed by atoms with Crippen LogP contribution in [0, 0.1) is 5.92 Å². The van der Waals surface area contributed by atoms with Gasteiger partial charge in [-0.15, -0.1) is 0 Å². The fourth-order valence-corrected chi connectivity index (χ4v) is 2.61. The Morgan fingerprint density at radius 2 is 2.11 bits per heavy atom. The first kappa shape index (κ1) is 14.8. The van der Waals surface area contributed by atoms with Crippen LogP contribution in [0.3, 0.4) is 0 Å². The summed E-state index contributed by atoms with van der Waals surface area (Å²) in [6.45, 7) is 4.33. The van der Waals surface area contributed by atoms with E-state index < -0.39 is 0 Å². The molecule has 0 aromatic heterocycles. The van der Waals surface area contributed by atoms with Crippen molar-refractivity contribution in [2.75, 3.05) is 26.8 Å². The first-order valence-electron chi connectivity index (χ1n) is 6.79. The lowest BCUT2D eigenvalue weighted by molar-refractivity contribution is -0.0473. The number of aliphatic hydroxyl groups excluding tert-OH is 1. The normalized spacial score (nSPS) is 25.5. The fourth-order valence-electron chi connectivity index (χ4n) is 2.48. The quantitative estimate of drug-likeness (QED) is 0.922. The smallest absolute Gasteiger partial charge is 0.0624 e. The van der Waals surface area contributed by atoms with Crippen molar-refractivity contribution in [3.63, 3.8) is 0 Å². The summed E-state index contributed by atoms with van der Waals surface area (Å²) in [4.78, 5) is 2.26. The van der Waals surface area contributed by atoms with Gasteiger partial charge in [0.05, 0.1) is 12.7 Å². The zero-order valence-electron chi connectivity index (χ0n) is 11.6. The highest BCUT2D eigenvalue weighted by Crippen LogP contribution is 2.23. The second-order valence-electron chi connectivity index (χ2n) is 5.36. The number of ether oxygens (including phenoxy) is 1. The van der Waals surface area contributed by atoms with Crippen LogP contribution in [0.5, 0.6) is 0 Å². The standard InChI is InChI=1S/C15H22ClNO2/c1-11(12-3-5-14(16)6-4-12)17(2)9-13-10-19-8-7-15(13)18/h3-6,11,13,15,18H,7-10H2,1-2H3. The van der Waals surface area contributed by atoms with E-state index in [1.165, 1.54) is 5.56 Å². The SMILES string of the molecule is CC(c1ccc(Cl)cc1)N(C)CC1COCCC1O. The van der Waals surface area contributed by atoms with Gasteiger partial charge in [0, 0.05) is 30.1 Å². The number of benzene rings is 1. The van der Waals surface area contributed by atoms with Crippen LogP contribution in [0.15, 0.2) is 24.3 Å². The Balaban J connectivity index is 1.94. The molecule has 3 unspecified atom stereocenters. The van der Waals surface area contributed by atoms with Crippen LogP contribution >= 0.6 is 11.6 Å². The third-order valence-electron chi connectivity index (χ3n) is 3.97. The van der Waals surface area contributed by atoms with Crippen molar-refractivity contribution < 1.29 is 9.84 Å². The van der Waals surface area contributed by atoms with E-state index in [2.05, 4.69) is 31.0 Å². The highest BCUT2D eigenvalue weighted by atomic mass is 35.5. The second kappa shape index (κ2) is 6.71. The molecule has 106 valence electrons. The summed E-state index contributed by atoms with van der Waals surface area (Å²) in [6, 6.07) is 8.24. The van der Waals surface area contributed by atoms with Crippen LogP contribution in [0.2, 0.25) is 5.02 Å². The van der Waals surface area contributed by atoms with Gasteiger partial charge in [-0.3, -0.25) is 4.90 Å². The maximum atomic E-state index is 9.98. The molecule has 0 aliphatic carbocycles. The van der Waals surface area contributed by atoms with Crippen molar-refractivity contribution in [2.45, 2.75) is 25.5 Å². The minimum atomic E-state index is -0.242. The number of aliphatic hydroxyl groups is 1. The number of halogens is 1. The van der Waals surface area contributed by atoms with Gasteiger partial charge < -0.3 is 9.84 Å². The number of hydrogen-bond donors (Lipinski definition) is 1. The molecule has 0 saturated carbocycles. The monoisotopic (exact) mass is 283 g/mol. The lowest BCUT2D eigenvalue weighted by Gasteiger charge is -2.34. The molecule has 19 heavy (non-hydrogen) atoms. The lowest BCUT2D eigenvalue weighted by atomic mass is 9.97. The van der Waals surface area contributed by atoms with Gasteiger partial charge in [0.15, 0.2) is 0 Å². The van der Waals surface area contributed by atoms with Crippen LogP contribution in [-0.2, 0) is 4.74 Å². The minimum absolute atomic E-state index is 0.202. The van der Waals surface area contributed by atoms with Crippen molar-refractivity contribution in [3.8, 4) is 0 Å². The molecule has 0 bridgehead atoms. The highest BCUT2D eigenvalue weighted by Gasteiger charge is 2.26. The maximum absolute atomic E-state index is 9.98. The van der Waals surface area contributed by atoms with E-state index >= 15 is 0 Å². The molecule has 1 aliphatic heterocycles. The van der Waals surface area contributed by atoms with Gasteiger partial charge in [-0.05, 0) is 38.1 Å². The molecular formula is C15H22ClNO2. The fraction of sp³-hybridized carbons (Fsp3) is 0.600. The van der Waals surface area contributed by atoms with Crippen molar-refractivity contribution in [2.24, 2.45) is 5.92 Å². The van der Waals surface area contributed by atoms with Crippen molar-refractivity contribution in [1.82, 2.24) is 4.90 Å². The predicted octanol–water partition coefficient (Wildman–Crippen LogP) is 2.73. The molecule has 1 aliphatic rings. The largest absolute Gasteiger partial charge is 0.393 e. The predicted molar refractivity (Wildman–Crippen MR) is 77.4 cm³/mol. The Morgan fingerprint density at radius 3 is 2.74 bits per heavy atom. The second-order valence-corrected chi connectivity index (χ2v) is 5.79. The van der Waals surface area contributed by atoms with Crippen molar-refractivity contribution in [1.29, 1.82) is 0 Å². The first-order chi connectivity index (χ1) is 9.08. The van der Waals surface area contributed by atoms with Gasteiger partial charge in [-0.1, -0.05) is 23.7 Å². The van der Waals surface area contributed by atoms with Gasteiger partial charge >= 0.3 is 0 Å². The molecule has 0 amide bonds. The van der Waals surface area contributed by atoms with E-state index in [0.29, 0.717) is 19.3 Å². The van der Waals surface area contributed by atoms with E-state index in [0.717, 1.165) is 18.0 Å². The molecule has 2 rings (SSSR count). The molecule has 1 N–H and O–H groups in total. The van der Waals surface area contributed by atoms with Crippen LogP contribution in [-0.4, -0.2) is 42.9 Å². The Kier molecular flexibility index (Phi) is 5.22. The molecule has 0 radical (unpaired) electrons. The zero-order valence-corrected chi connectivity index (χ0v) is 12.3. The third-order valence-corrected chi connectivity index (χ3v) is 4.22. The molecule has 1 aromatic rings. The summed E-state index contributed by atoms with van der Waals surface area (Å²) < 4.78 is 5.45. The minimum Gasteiger partial charge on any atom is -0.393 e. The summed E-state index contributed by atoms with van der Waals surface area (Å²) in [6.07, 6.45) is 0.502. The Hall–Kier alpha value is -0.610. The van der Waals surface area contributed by atoms with E-state index in [4.69, 9.17) is 16.3 Å². The average Bonchev–Trinajstić information content (AvgIpc) is 2.41. The Morgan fingerprint density at radius 1 is 1.42 bits per heavy atom. The molecule has 0 spiro atoms. The molecule has 1 saturated heterocycles. The van der Waals surface area contributed by atoms with Crippen LogP contribution < -0.4 is 0 Å². The van der Waals surface area contributed by atoms with Gasteiger partial charge in [0.25, 0.3) is 0 Å². The molecule has 1 heterocycles. The van der Waals surface area contributed by atoms with Crippen LogP contribution in [0.25, 0.3) is 0 Å². The maximum Gasteiger partial charge on any atom is 0.0624 e. The van der Waals surface area contributed by atoms with E-state index in [1.807, 2.05) is 12.1 Å². The number of nitrogens with zero attached hydrogens (tertiary/aromatic N) is 1. The molecular weight excluding hydrogens is 262 g/mol. The summed E-state index contributed by atoms with van der Waals surface area (Å²) in [5, 5.41) is 10.7. The molecule has 4 heteroatoms. The summed E-state index contributed by atoms with van der Waals surface area (Å²) in [5.74, 6) is 0.202. The van der Waals surface area contributed by atoms with Crippen molar-refractivity contribution in [3.05, 3.63) is 34.9 Å². The first-order valence-corrected chi connectivity index (χ1v) is 7.17. The lowest BCUT2D eigenvalue weighted by Crippen LogP contribution is -2.40. The molecule has 3 atom stereocenters. The average molecular weight is 284 g/mol. The van der Waals surface area contributed by atoms with Gasteiger partial charge in [0.2, 0.25) is 0 Å². The third kappa shape index (κ3) is 3.93. The topological polar surface area (TPSA) is 32.7 Å². The van der Waals surface area contributed by atoms with Gasteiger partial charge in [-0.25, -0.2) is 0 Å². The van der Waals surface area contributed by atoms with Crippen molar-refractivity contribution >= 4 is 11.6 Å². The molecule has 1 aromatic carbocycles. The molecule has 1 fully saturated rings. The number of hydrogen-bond acceptors (Lipinski definition) is 3. The summed E-state index contributed by atoms with van der Waals surface area (Å²) in [5.41, 5.74) is 1.23. The van der Waals surface area contributed by atoms with E-state index in [1.54, 1.807) is 0 Å². The van der Waals surface area contributed by atoms with Gasteiger partial charge in [0.1, 0.15) is 0 Å². The molecule has 3 nitrogen and oxygen atoms in total. The van der Waals surface area contributed by atoms with Crippen LogP contribution in [0.1, 0.15) is 24.9 Å². The van der Waals surface area contributed by atoms with Gasteiger partial charge in [-0.2, -0.15) is 0 Å². The summed E-state index contributed by atoms with van der Waals surface area (Å²) >= 11 is 5.91. The van der Waals surface area contributed by atoms with E-state index in [9.17, 15) is 5.11 Å². The zero-order chi connectivity index (χ0) is 13.8. The highest BCUT2D eigenvalue weighted by molar-refractivity contribution is 6.30.